The molecule has 0 unspecified atom stereocenters. The molecule has 0 atom stereocenters. The summed E-state index contributed by atoms with van der Waals surface area (Å²) in [6.45, 7) is 3.99. The highest BCUT2D eigenvalue weighted by atomic mass is 16.6. The van der Waals surface area contributed by atoms with E-state index in [-0.39, 0.29) is 5.84 Å². The van der Waals surface area contributed by atoms with E-state index in [1.165, 1.54) is 17.5 Å². The molecule has 216 valence electrons. The molecule has 0 fully saturated rings. The van der Waals surface area contributed by atoms with E-state index >= 15 is 0 Å². The van der Waals surface area contributed by atoms with Gasteiger partial charge in [-0.15, -0.1) is 0 Å². The Hall–Kier alpha value is -5.97. The minimum atomic E-state index is -0.907. The average molecular weight is 578 g/mol. The second-order valence-electron chi connectivity index (χ2n) is 9.62. The molecule has 0 aliphatic heterocycles. The van der Waals surface area contributed by atoms with Crippen LogP contribution in [0.3, 0.4) is 0 Å². The van der Waals surface area contributed by atoms with Crippen LogP contribution in [0.1, 0.15) is 16.7 Å². The molecule has 11 nitrogen and oxygen atoms in total. The van der Waals surface area contributed by atoms with Gasteiger partial charge in [-0.3, -0.25) is 30.3 Å². The summed E-state index contributed by atoms with van der Waals surface area (Å²) in [5.41, 5.74) is 0.659. The Kier molecular flexibility index (Phi) is 9.16. The van der Waals surface area contributed by atoms with Crippen LogP contribution in [0.4, 0.5) is 28.4 Å². The molecule has 0 bridgehead atoms. The van der Waals surface area contributed by atoms with Crippen molar-refractivity contribution < 1.29 is 14.8 Å². The van der Waals surface area contributed by atoms with Gasteiger partial charge in [0.1, 0.15) is 5.84 Å². The van der Waals surface area contributed by atoms with Gasteiger partial charge in [0.25, 0.3) is 5.69 Å². The van der Waals surface area contributed by atoms with E-state index in [1.54, 1.807) is 24.3 Å². The van der Waals surface area contributed by atoms with E-state index in [1.807, 2.05) is 67.6 Å². The van der Waals surface area contributed by atoms with Crippen molar-refractivity contribution in [3.8, 4) is 0 Å². The summed E-state index contributed by atoms with van der Waals surface area (Å²) in [5, 5.41) is 36.8. The second-order valence-corrected chi connectivity index (χ2v) is 9.62. The number of anilines is 1. The van der Waals surface area contributed by atoms with Crippen molar-refractivity contribution >= 4 is 45.0 Å². The van der Waals surface area contributed by atoms with Gasteiger partial charge in [-0.05, 0) is 36.8 Å². The van der Waals surface area contributed by atoms with Gasteiger partial charge in [0.05, 0.1) is 32.6 Å². The van der Waals surface area contributed by atoms with Crippen LogP contribution in [0.2, 0.25) is 0 Å². The Morgan fingerprint density at radius 3 is 1.72 bits per heavy atom. The number of amidine groups is 1. The van der Waals surface area contributed by atoms with Crippen molar-refractivity contribution in [1.82, 2.24) is 0 Å². The number of nitro benzene ring substituents is 3. The number of nitro groups is 3. The van der Waals surface area contributed by atoms with E-state index in [4.69, 9.17) is 4.99 Å². The largest absolute Gasteiger partial charge is 0.318 e. The molecule has 5 aromatic rings. The molecule has 0 aromatic heterocycles. The van der Waals surface area contributed by atoms with Crippen LogP contribution >= 0.6 is 0 Å². The molecular weight excluding hydrogens is 550 g/mol. The zero-order chi connectivity index (χ0) is 31.1. The monoisotopic (exact) mass is 577 g/mol. The fourth-order valence-electron chi connectivity index (χ4n) is 4.44. The van der Waals surface area contributed by atoms with Gasteiger partial charge in [0.2, 0.25) is 5.69 Å². The Morgan fingerprint density at radius 1 is 0.651 bits per heavy atom. The number of rotatable bonds is 6. The molecule has 43 heavy (non-hydrogen) atoms. The number of aryl methyl sites for hydroxylation is 2. The van der Waals surface area contributed by atoms with Crippen molar-refractivity contribution in [2.45, 2.75) is 13.8 Å². The zero-order valence-corrected chi connectivity index (χ0v) is 23.6. The summed E-state index contributed by atoms with van der Waals surface area (Å²) >= 11 is 0. The van der Waals surface area contributed by atoms with Crippen LogP contribution in [-0.2, 0) is 0 Å². The van der Waals surface area contributed by atoms with Crippen molar-refractivity contribution in [3.63, 3.8) is 0 Å². The molecule has 11 heteroatoms. The highest BCUT2D eigenvalue weighted by Crippen LogP contribution is 2.41. The van der Waals surface area contributed by atoms with Crippen LogP contribution in [0, 0.1) is 44.2 Å². The Labute approximate surface area is 246 Å². The maximum Gasteiger partial charge on any atom is 0.306 e. The lowest BCUT2D eigenvalue weighted by atomic mass is 10.0. The zero-order valence-electron chi connectivity index (χ0n) is 23.6. The summed E-state index contributed by atoms with van der Waals surface area (Å²) < 4.78 is 0. The van der Waals surface area contributed by atoms with E-state index in [9.17, 15) is 30.3 Å². The molecule has 0 aliphatic carbocycles. The Morgan fingerprint density at radius 2 is 1.19 bits per heavy atom. The summed E-state index contributed by atoms with van der Waals surface area (Å²) in [6.07, 6.45) is 0. The third-order valence-electron chi connectivity index (χ3n) is 6.55. The third kappa shape index (κ3) is 7.03. The molecule has 0 radical (unpaired) electrons. The standard InChI is InChI=1S/C25H19N5O6.C7H8/c1-16-10-12-18(13-11-16)26-25(21-9-5-7-17-6-3-4-8-20(17)21)27(2)24-22(29(33)34)14-19(28(31)32)15-23(24)30(35)36;1-7-5-3-2-4-6-7/h3-15H,1-2H3;2-6H,1H3. The first-order valence-electron chi connectivity index (χ1n) is 13.1. The fraction of sp³-hybridized carbons (Fsp3) is 0.0938. The van der Waals surface area contributed by atoms with Crippen molar-refractivity contribution in [1.29, 1.82) is 0 Å². The maximum absolute atomic E-state index is 11.9. The van der Waals surface area contributed by atoms with Gasteiger partial charge in [-0.25, -0.2) is 4.99 Å². The van der Waals surface area contributed by atoms with Gasteiger partial charge in [0, 0.05) is 12.6 Å². The first-order valence-corrected chi connectivity index (χ1v) is 13.1. The van der Waals surface area contributed by atoms with Crippen molar-refractivity contribution in [2.24, 2.45) is 4.99 Å². The summed E-state index contributed by atoms with van der Waals surface area (Å²) in [7, 11) is 1.41. The van der Waals surface area contributed by atoms with Crippen molar-refractivity contribution in [2.75, 3.05) is 11.9 Å². The fourth-order valence-corrected chi connectivity index (χ4v) is 4.44. The number of benzene rings is 5. The lowest BCUT2D eigenvalue weighted by molar-refractivity contribution is -0.402. The van der Waals surface area contributed by atoms with Gasteiger partial charge in [0.15, 0.2) is 0 Å². The normalized spacial score (nSPS) is 10.9. The molecule has 5 aromatic carbocycles. The molecule has 0 saturated heterocycles. The number of aliphatic imine (C=N–C) groups is 1. The quantitative estimate of drug-likeness (QED) is 0.0858. The Balaban J connectivity index is 0.000000530. The van der Waals surface area contributed by atoms with Crippen LogP contribution in [0.5, 0.6) is 0 Å². The molecule has 5 rings (SSSR count). The molecule has 0 N–H and O–H groups in total. The topological polar surface area (TPSA) is 145 Å². The lowest BCUT2D eigenvalue weighted by Crippen LogP contribution is -2.29. The smallest absolute Gasteiger partial charge is 0.306 e. The SMILES string of the molecule is Cc1ccc(N=C(c2cccc3ccccc23)N(C)c2c([N+](=O)[O-])cc([N+](=O)[O-])cc2[N+](=O)[O-])cc1.Cc1ccccc1. The van der Waals surface area contributed by atoms with Crippen LogP contribution in [0.15, 0.2) is 114 Å². The molecule has 0 spiro atoms. The van der Waals surface area contributed by atoms with E-state index in [0.717, 1.165) is 16.3 Å². The minimum absolute atomic E-state index is 0.190. The van der Waals surface area contributed by atoms with Gasteiger partial charge in [-0.1, -0.05) is 96.1 Å². The number of nitrogens with zero attached hydrogens (tertiary/aromatic N) is 5. The van der Waals surface area contributed by atoms with Crippen LogP contribution in [-0.4, -0.2) is 27.7 Å². The number of non-ortho nitro benzene ring substituents is 1. The summed E-state index contributed by atoms with van der Waals surface area (Å²) in [5.74, 6) is 0.190. The van der Waals surface area contributed by atoms with E-state index in [0.29, 0.717) is 23.4 Å². The summed E-state index contributed by atoms with van der Waals surface area (Å²) in [6, 6.07) is 31.7. The van der Waals surface area contributed by atoms with Gasteiger partial charge >= 0.3 is 11.4 Å². The van der Waals surface area contributed by atoms with Crippen LogP contribution in [0.25, 0.3) is 10.8 Å². The van der Waals surface area contributed by atoms with Gasteiger partial charge in [-0.2, -0.15) is 0 Å². The predicted octanol–water partition coefficient (Wildman–Crippen LogP) is 8.08. The minimum Gasteiger partial charge on any atom is -0.318 e. The van der Waals surface area contributed by atoms with Crippen LogP contribution < -0.4 is 4.90 Å². The lowest BCUT2D eigenvalue weighted by Gasteiger charge is -2.22. The molecule has 0 amide bonds. The number of hydrogen-bond donors (Lipinski definition) is 0. The molecular formula is C32H27N5O6. The first kappa shape index (κ1) is 30.0. The highest BCUT2D eigenvalue weighted by molar-refractivity contribution is 6.19. The first-order chi connectivity index (χ1) is 20.6. The summed E-state index contributed by atoms with van der Waals surface area (Å²) in [4.78, 5) is 38.5. The van der Waals surface area contributed by atoms with E-state index in [2.05, 4.69) is 19.1 Å². The second kappa shape index (κ2) is 13.1. The molecule has 0 heterocycles. The van der Waals surface area contributed by atoms with Crippen molar-refractivity contribution in [3.05, 3.63) is 156 Å². The maximum atomic E-state index is 11.9. The highest BCUT2D eigenvalue weighted by Gasteiger charge is 2.35. The Bertz CT molecular complexity index is 1800. The average Bonchev–Trinajstić information content (AvgIpc) is 3.00. The molecule has 0 aliphatic rings. The molecule has 0 saturated carbocycles. The number of hydrogen-bond acceptors (Lipinski definition) is 7. The predicted molar refractivity (Wildman–Crippen MR) is 167 cm³/mol. The van der Waals surface area contributed by atoms with E-state index < -0.39 is 37.5 Å². The number of fused-ring (bicyclic) bond motifs is 1. The third-order valence-corrected chi connectivity index (χ3v) is 6.55. The van der Waals surface area contributed by atoms with Gasteiger partial charge < -0.3 is 4.90 Å².